The van der Waals surface area contributed by atoms with E-state index in [0.717, 1.165) is 19.4 Å². The molecular formula is C19H31N5O6S. The molecule has 174 valence electrons. The van der Waals surface area contributed by atoms with Crippen molar-refractivity contribution < 1.29 is 28.7 Å². The van der Waals surface area contributed by atoms with Crippen LogP contribution in [0, 0.1) is 0 Å². The molecule has 2 aliphatic rings. The number of hydrogen-bond donors (Lipinski definition) is 3. The van der Waals surface area contributed by atoms with Gasteiger partial charge in [-0.25, -0.2) is 0 Å². The number of fused-ring (bicyclic) bond motifs is 1. The second kappa shape index (κ2) is 11.9. The Morgan fingerprint density at radius 3 is 2.39 bits per heavy atom. The highest BCUT2D eigenvalue weighted by molar-refractivity contribution is 7.98. The van der Waals surface area contributed by atoms with Crippen molar-refractivity contribution in [3.63, 3.8) is 0 Å². The van der Waals surface area contributed by atoms with Crippen LogP contribution in [0.15, 0.2) is 0 Å². The molecule has 2 heterocycles. The molecule has 2 fully saturated rings. The first kappa shape index (κ1) is 24.9. The molecule has 12 heteroatoms. The fourth-order valence-corrected chi connectivity index (χ4v) is 4.35. The van der Waals surface area contributed by atoms with Crippen LogP contribution < -0.4 is 16.0 Å². The number of carbonyl (C=O) groups is 5. The summed E-state index contributed by atoms with van der Waals surface area (Å²) in [5.41, 5.74) is 0. The second-order valence-electron chi connectivity index (χ2n) is 7.42. The number of amides is 4. The van der Waals surface area contributed by atoms with E-state index in [1.807, 2.05) is 13.2 Å². The molecule has 3 unspecified atom stereocenters. The Morgan fingerprint density at radius 1 is 1.13 bits per heavy atom. The lowest BCUT2D eigenvalue weighted by Gasteiger charge is -2.32. The smallest absolute Gasteiger partial charge is 0.325 e. The molecule has 0 aliphatic carbocycles. The summed E-state index contributed by atoms with van der Waals surface area (Å²) in [6, 6.07) is -0.817. The van der Waals surface area contributed by atoms with Gasteiger partial charge in [0.1, 0.15) is 12.6 Å². The first-order valence-electron chi connectivity index (χ1n) is 10.2. The van der Waals surface area contributed by atoms with Gasteiger partial charge in [-0.3, -0.25) is 28.9 Å². The number of ether oxygens (including phenoxy) is 1. The number of thioether (sulfide) groups is 1. The summed E-state index contributed by atoms with van der Waals surface area (Å²) in [6.45, 7) is 1.83. The Morgan fingerprint density at radius 2 is 1.77 bits per heavy atom. The Hall–Kier alpha value is -2.34. The number of hydrogen-bond acceptors (Lipinski definition) is 8. The van der Waals surface area contributed by atoms with Gasteiger partial charge in [0, 0.05) is 6.54 Å². The number of nitrogens with zero attached hydrogens (tertiary/aromatic N) is 2. The topological polar surface area (TPSA) is 137 Å². The summed E-state index contributed by atoms with van der Waals surface area (Å²) in [7, 11) is 1.20. The maximum atomic E-state index is 12.9. The van der Waals surface area contributed by atoms with E-state index in [4.69, 9.17) is 0 Å². The standard InChI is InChI=1S/C19H31N5O6S/c1-12-23-7-4-5-14(23)19(29)24(12)13(6-8-31-3)18(28)22-10-16(26)20-9-15(25)21-11-17(27)30-2/h12-14H,4-11H2,1-3H3,(H,20,26)(H,21,25)(H,22,28). The lowest BCUT2D eigenvalue weighted by molar-refractivity contribution is -0.141. The van der Waals surface area contributed by atoms with E-state index in [2.05, 4.69) is 25.6 Å². The molecule has 0 aromatic heterocycles. The van der Waals surface area contributed by atoms with Gasteiger partial charge in [-0.2, -0.15) is 11.8 Å². The van der Waals surface area contributed by atoms with E-state index < -0.39 is 23.8 Å². The largest absolute Gasteiger partial charge is 0.468 e. The summed E-state index contributed by atoms with van der Waals surface area (Å²) < 4.78 is 4.40. The van der Waals surface area contributed by atoms with Gasteiger partial charge in [-0.1, -0.05) is 0 Å². The number of nitrogens with one attached hydrogen (secondary N) is 3. The molecule has 2 aliphatic heterocycles. The predicted molar refractivity (Wildman–Crippen MR) is 114 cm³/mol. The quantitative estimate of drug-likeness (QED) is 0.312. The van der Waals surface area contributed by atoms with Crippen molar-refractivity contribution in [2.45, 2.75) is 44.4 Å². The van der Waals surface area contributed by atoms with Crippen molar-refractivity contribution in [1.29, 1.82) is 0 Å². The van der Waals surface area contributed by atoms with Gasteiger partial charge in [0.25, 0.3) is 0 Å². The van der Waals surface area contributed by atoms with Crippen molar-refractivity contribution in [1.82, 2.24) is 25.8 Å². The minimum absolute atomic E-state index is 0.0296. The van der Waals surface area contributed by atoms with Gasteiger partial charge in [0.15, 0.2) is 0 Å². The van der Waals surface area contributed by atoms with Crippen LogP contribution in [0.2, 0.25) is 0 Å². The third-order valence-electron chi connectivity index (χ3n) is 5.48. The van der Waals surface area contributed by atoms with Crippen LogP contribution >= 0.6 is 11.8 Å². The van der Waals surface area contributed by atoms with Crippen LogP contribution in [-0.4, -0.2) is 103 Å². The maximum Gasteiger partial charge on any atom is 0.325 e. The van der Waals surface area contributed by atoms with Crippen LogP contribution in [0.3, 0.4) is 0 Å². The Balaban J connectivity index is 1.85. The first-order chi connectivity index (χ1) is 14.8. The van der Waals surface area contributed by atoms with Crippen LogP contribution in [0.25, 0.3) is 0 Å². The van der Waals surface area contributed by atoms with Crippen molar-refractivity contribution in [3.05, 3.63) is 0 Å². The van der Waals surface area contributed by atoms with E-state index in [9.17, 15) is 24.0 Å². The van der Waals surface area contributed by atoms with Gasteiger partial charge in [0.2, 0.25) is 23.6 Å². The zero-order valence-electron chi connectivity index (χ0n) is 18.1. The van der Waals surface area contributed by atoms with E-state index in [-0.39, 0.29) is 43.7 Å². The molecule has 0 spiro atoms. The average molecular weight is 458 g/mol. The molecule has 3 atom stereocenters. The molecule has 3 N–H and O–H groups in total. The van der Waals surface area contributed by atoms with Gasteiger partial charge >= 0.3 is 5.97 Å². The van der Waals surface area contributed by atoms with Gasteiger partial charge in [-0.15, -0.1) is 0 Å². The maximum absolute atomic E-state index is 12.9. The highest BCUT2D eigenvalue weighted by Gasteiger charge is 2.49. The summed E-state index contributed by atoms with van der Waals surface area (Å²) >= 11 is 1.59. The molecule has 0 saturated carbocycles. The zero-order chi connectivity index (χ0) is 23.0. The van der Waals surface area contributed by atoms with Crippen LogP contribution in [0.5, 0.6) is 0 Å². The van der Waals surface area contributed by atoms with Crippen molar-refractivity contribution in [3.8, 4) is 0 Å². The SMILES string of the molecule is COC(=O)CNC(=O)CNC(=O)CNC(=O)C(CCSC)N1C(=O)C2CCCN2C1C. The van der Waals surface area contributed by atoms with Gasteiger partial charge in [-0.05, 0) is 38.2 Å². The average Bonchev–Trinajstić information content (AvgIpc) is 3.33. The minimum atomic E-state index is -0.656. The summed E-state index contributed by atoms with van der Waals surface area (Å²) in [5, 5.41) is 7.24. The van der Waals surface area contributed by atoms with E-state index in [1.54, 1.807) is 16.7 Å². The Labute approximate surface area is 186 Å². The van der Waals surface area contributed by atoms with Crippen molar-refractivity contribution in [2.24, 2.45) is 0 Å². The van der Waals surface area contributed by atoms with Crippen molar-refractivity contribution >= 4 is 41.4 Å². The Kier molecular flexibility index (Phi) is 9.56. The molecule has 0 aromatic rings. The molecule has 0 aromatic carbocycles. The second-order valence-corrected chi connectivity index (χ2v) is 8.40. The molecule has 31 heavy (non-hydrogen) atoms. The van der Waals surface area contributed by atoms with E-state index in [0.29, 0.717) is 12.2 Å². The predicted octanol–water partition coefficient (Wildman–Crippen LogP) is -1.72. The summed E-state index contributed by atoms with van der Waals surface area (Å²) in [4.78, 5) is 64.1. The molecule has 2 rings (SSSR count). The fourth-order valence-electron chi connectivity index (χ4n) is 3.89. The van der Waals surface area contributed by atoms with E-state index in [1.165, 1.54) is 7.11 Å². The summed E-state index contributed by atoms with van der Waals surface area (Å²) in [5.74, 6) is -1.43. The normalized spacial score (nSPS) is 21.4. The summed E-state index contributed by atoms with van der Waals surface area (Å²) in [6.07, 6.45) is 4.04. The molecular weight excluding hydrogens is 426 g/mol. The molecule has 11 nitrogen and oxygen atoms in total. The molecule has 0 radical (unpaired) electrons. The molecule has 4 amide bonds. The monoisotopic (exact) mass is 457 g/mol. The van der Waals surface area contributed by atoms with E-state index >= 15 is 0 Å². The minimum Gasteiger partial charge on any atom is -0.468 e. The molecule has 0 bridgehead atoms. The number of esters is 1. The van der Waals surface area contributed by atoms with Crippen LogP contribution in [0.4, 0.5) is 0 Å². The lowest BCUT2D eigenvalue weighted by atomic mass is 10.1. The van der Waals surface area contributed by atoms with Gasteiger partial charge < -0.3 is 25.6 Å². The fraction of sp³-hybridized carbons (Fsp3) is 0.737. The number of methoxy groups -OCH3 is 1. The number of rotatable bonds is 11. The zero-order valence-corrected chi connectivity index (χ0v) is 19.0. The van der Waals surface area contributed by atoms with Crippen LogP contribution in [-0.2, 0) is 28.7 Å². The third kappa shape index (κ3) is 6.57. The number of carbonyl (C=O) groups excluding carboxylic acids is 5. The first-order valence-corrected chi connectivity index (χ1v) is 11.6. The highest BCUT2D eigenvalue weighted by atomic mass is 32.2. The van der Waals surface area contributed by atoms with Crippen LogP contribution in [0.1, 0.15) is 26.2 Å². The molecule has 2 saturated heterocycles. The Bertz CT molecular complexity index is 705. The van der Waals surface area contributed by atoms with Crippen molar-refractivity contribution in [2.75, 3.05) is 45.3 Å². The lowest BCUT2D eigenvalue weighted by Crippen LogP contribution is -2.53. The van der Waals surface area contributed by atoms with Gasteiger partial charge in [0.05, 0.1) is 32.4 Å². The third-order valence-corrected chi connectivity index (χ3v) is 6.12. The highest BCUT2D eigenvalue weighted by Crippen LogP contribution is 2.32.